The number of para-hydroxylation sites is 2. The number of ether oxygens (including phenoxy) is 3. The monoisotopic (exact) mass is 654 g/mol. The van der Waals surface area contributed by atoms with Crippen molar-refractivity contribution in [1.82, 2.24) is 15.3 Å². The molecule has 2 saturated heterocycles. The molecule has 2 aliphatic rings. The fourth-order valence-corrected chi connectivity index (χ4v) is 5.58. The van der Waals surface area contributed by atoms with E-state index < -0.39 is 0 Å². The van der Waals surface area contributed by atoms with Crippen LogP contribution in [-0.4, -0.2) is 81.4 Å². The van der Waals surface area contributed by atoms with E-state index in [2.05, 4.69) is 30.8 Å². The van der Waals surface area contributed by atoms with Gasteiger partial charge in [-0.25, -0.2) is 14.8 Å². The van der Waals surface area contributed by atoms with Gasteiger partial charge in [-0.3, -0.25) is 4.79 Å². The number of anilines is 2. The lowest BCUT2D eigenvalue weighted by Crippen LogP contribution is -2.28. The molecule has 2 aromatic carbocycles. The number of methoxy groups -OCH3 is 1. The minimum atomic E-state index is -0.315. The Kier molecular flexibility index (Phi) is 13.1. The fourth-order valence-electron chi connectivity index (χ4n) is 5.58. The van der Waals surface area contributed by atoms with Crippen molar-refractivity contribution in [2.24, 2.45) is 5.73 Å². The Morgan fingerprint density at radius 2 is 1.19 bits per heavy atom. The van der Waals surface area contributed by atoms with Crippen molar-refractivity contribution in [2.45, 2.75) is 38.9 Å². The number of hydrogen-bond donors (Lipinski definition) is 2. The molecule has 6 rings (SSSR count). The maximum atomic E-state index is 12.0. The number of aromatic nitrogens is 2. The van der Waals surface area contributed by atoms with Crippen LogP contribution in [0.4, 0.5) is 11.4 Å². The van der Waals surface area contributed by atoms with E-state index in [1.807, 2.05) is 86.8 Å². The molecule has 0 saturated carbocycles. The number of carbonyl (C=O) groups excluding carboxylic acids is 2. The molecular formula is C37H46N6O5. The molecule has 48 heavy (non-hydrogen) atoms. The summed E-state index contributed by atoms with van der Waals surface area (Å²) in [5.41, 5.74) is 9.85. The van der Waals surface area contributed by atoms with Gasteiger partial charge >= 0.3 is 5.97 Å². The molecule has 2 aromatic heterocycles. The molecule has 0 bridgehead atoms. The third-order valence-electron chi connectivity index (χ3n) is 8.00. The molecule has 254 valence electrons. The maximum absolute atomic E-state index is 12.0. The highest BCUT2D eigenvalue weighted by Crippen LogP contribution is 2.28. The van der Waals surface area contributed by atoms with E-state index in [-0.39, 0.29) is 24.1 Å². The third-order valence-corrected chi connectivity index (χ3v) is 8.00. The van der Waals surface area contributed by atoms with Crippen molar-refractivity contribution in [2.75, 3.05) is 57.2 Å². The number of hydrogen-bond acceptors (Lipinski definition) is 10. The molecule has 3 N–H and O–H groups in total. The molecule has 1 amide bonds. The van der Waals surface area contributed by atoms with Gasteiger partial charge in [-0.2, -0.15) is 0 Å². The highest BCUT2D eigenvalue weighted by Gasteiger charge is 2.28. The first-order chi connectivity index (χ1) is 23.3. The number of nitrogens with zero attached hydrogens (tertiary/aromatic N) is 4. The average molecular weight is 655 g/mol. The van der Waals surface area contributed by atoms with Crippen LogP contribution in [-0.2, 0) is 4.74 Å². The molecule has 0 unspecified atom stereocenters. The molecule has 0 spiro atoms. The van der Waals surface area contributed by atoms with Crippen molar-refractivity contribution in [3.63, 3.8) is 0 Å². The van der Waals surface area contributed by atoms with E-state index in [4.69, 9.17) is 14.2 Å². The van der Waals surface area contributed by atoms with Crippen LogP contribution in [0.3, 0.4) is 0 Å². The van der Waals surface area contributed by atoms with Gasteiger partial charge in [0.15, 0.2) is 0 Å². The first-order valence-corrected chi connectivity index (χ1v) is 16.1. The number of amides is 1. The smallest absolute Gasteiger partial charge is 0.339 e. The van der Waals surface area contributed by atoms with E-state index in [1.54, 1.807) is 19.3 Å². The summed E-state index contributed by atoms with van der Waals surface area (Å²) in [6.45, 7) is 7.18. The summed E-state index contributed by atoms with van der Waals surface area (Å²) in [6, 6.07) is 22.9. The molecule has 4 heterocycles. The maximum Gasteiger partial charge on any atom is 0.339 e. The summed E-state index contributed by atoms with van der Waals surface area (Å²) in [6.07, 6.45) is 5.57. The van der Waals surface area contributed by atoms with Crippen molar-refractivity contribution >= 4 is 23.3 Å². The van der Waals surface area contributed by atoms with E-state index in [0.717, 1.165) is 61.5 Å². The predicted octanol–water partition coefficient (Wildman–Crippen LogP) is 4.82. The minimum absolute atomic E-state index is 0.0647. The topological polar surface area (TPSA) is 132 Å². The minimum Gasteiger partial charge on any atom is -0.472 e. The summed E-state index contributed by atoms with van der Waals surface area (Å²) in [5.74, 6) is 0.918. The van der Waals surface area contributed by atoms with E-state index in [0.29, 0.717) is 22.9 Å². The number of benzene rings is 2. The van der Waals surface area contributed by atoms with Crippen molar-refractivity contribution in [1.29, 1.82) is 0 Å². The van der Waals surface area contributed by atoms with E-state index >= 15 is 0 Å². The summed E-state index contributed by atoms with van der Waals surface area (Å²) in [7, 11) is 4.55. The second-order valence-electron chi connectivity index (χ2n) is 11.4. The van der Waals surface area contributed by atoms with Gasteiger partial charge in [0.05, 0.1) is 37.0 Å². The van der Waals surface area contributed by atoms with Gasteiger partial charge in [-0.15, -0.1) is 0 Å². The van der Waals surface area contributed by atoms with Crippen molar-refractivity contribution < 1.29 is 23.8 Å². The number of nitrogens with two attached hydrogens (primary N) is 1. The van der Waals surface area contributed by atoms with Crippen LogP contribution >= 0.6 is 0 Å². The van der Waals surface area contributed by atoms with Crippen LogP contribution in [0.5, 0.6) is 11.8 Å². The molecule has 4 aromatic rings. The van der Waals surface area contributed by atoms with Gasteiger partial charge in [0.1, 0.15) is 12.2 Å². The van der Waals surface area contributed by atoms with Gasteiger partial charge in [0.25, 0.3) is 5.91 Å². The first-order valence-electron chi connectivity index (χ1n) is 16.1. The molecule has 0 aliphatic carbocycles. The normalized spacial score (nSPS) is 16.5. The Labute approximate surface area is 283 Å². The van der Waals surface area contributed by atoms with Crippen LogP contribution in [0.15, 0.2) is 85.2 Å². The number of nitrogens with one attached hydrogen (secondary N) is 1. The van der Waals surface area contributed by atoms with E-state index in [9.17, 15) is 9.59 Å². The SMILES string of the molecule is CN.CNC(=O)c1ccccc1N1CC[C@@H](Oc2ccc(C)cn2)C1.COC(=O)c1ccccc1N1CC[C@@H](Oc2ccc(C)cn2)C1. The summed E-state index contributed by atoms with van der Waals surface area (Å²) in [4.78, 5) is 36.9. The lowest BCUT2D eigenvalue weighted by Gasteiger charge is -2.21. The highest BCUT2D eigenvalue weighted by molar-refractivity contribution is 5.99. The molecule has 11 heteroatoms. The number of rotatable bonds is 8. The Balaban J connectivity index is 0.000000206. The van der Waals surface area contributed by atoms with Crippen LogP contribution in [0, 0.1) is 13.8 Å². The van der Waals surface area contributed by atoms with E-state index in [1.165, 1.54) is 14.2 Å². The second-order valence-corrected chi connectivity index (χ2v) is 11.4. The first kappa shape index (κ1) is 35.7. The third kappa shape index (κ3) is 9.45. The lowest BCUT2D eigenvalue weighted by atomic mass is 10.1. The Morgan fingerprint density at radius 1 is 0.729 bits per heavy atom. The Morgan fingerprint density at radius 3 is 1.62 bits per heavy atom. The molecule has 2 atom stereocenters. The van der Waals surface area contributed by atoms with Gasteiger partial charge in [0, 0.05) is 63.2 Å². The van der Waals surface area contributed by atoms with Gasteiger partial charge < -0.3 is 35.1 Å². The molecular weight excluding hydrogens is 608 g/mol. The average Bonchev–Trinajstić information content (AvgIpc) is 3.80. The van der Waals surface area contributed by atoms with Crippen molar-refractivity contribution in [3.05, 3.63) is 107 Å². The van der Waals surface area contributed by atoms with Gasteiger partial charge in [-0.05, 0) is 56.3 Å². The standard InChI is InChI=1S/C18H21N3O2.C18H20N2O3.CH5N/c1-13-7-8-17(20-11-13)23-14-9-10-21(12-14)16-6-4-3-5-15(16)18(22)19-2;1-13-7-8-17(19-11-13)23-14-9-10-20(12-14)16-6-4-3-5-15(16)18(21)22-2;1-2/h3-8,11,14H,9-10,12H2,1-2H3,(H,19,22);3-8,11,14H,9-10,12H2,1-2H3;2H2,1H3/t2*14-;/m11./s1. The molecule has 2 aliphatic heterocycles. The Bertz CT molecular complexity index is 1490. The zero-order chi connectivity index (χ0) is 34.5. The number of esters is 1. The zero-order valence-corrected chi connectivity index (χ0v) is 28.4. The quantitative estimate of drug-likeness (QED) is 0.255. The van der Waals surface area contributed by atoms with Gasteiger partial charge in [-0.1, -0.05) is 36.4 Å². The molecule has 11 nitrogen and oxygen atoms in total. The predicted molar refractivity (Wildman–Crippen MR) is 188 cm³/mol. The summed E-state index contributed by atoms with van der Waals surface area (Å²) >= 11 is 0. The summed E-state index contributed by atoms with van der Waals surface area (Å²) < 4.78 is 16.8. The highest BCUT2D eigenvalue weighted by atomic mass is 16.5. The van der Waals surface area contributed by atoms with Crippen LogP contribution in [0.1, 0.15) is 44.7 Å². The zero-order valence-electron chi connectivity index (χ0n) is 28.4. The number of pyridine rings is 2. The number of aryl methyl sites for hydroxylation is 2. The number of carbonyl (C=O) groups is 2. The summed E-state index contributed by atoms with van der Waals surface area (Å²) in [5, 5.41) is 2.69. The Hall–Kier alpha value is -5.16. The second kappa shape index (κ2) is 17.7. The molecule has 0 radical (unpaired) electrons. The molecule has 2 fully saturated rings. The lowest BCUT2D eigenvalue weighted by molar-refractivity contribution is 0.0601. The van der Waals surface area contributed by atoms with Crippen LogP contribution in [0.25, 0.3) is 0 Å². The van der Waals surface area contributed by atoms with Crippen LogP contribution < -0.4 is 30.3 Å². The van der Waals surface area contributed by atoms with Crippen molar-refractivity contribution in [3.8, 4) is 11.8 Å². The van der Waals surface area contributed by atoms with Crippen LogP contribution in [0.2, 0.25) is 0 Å². The largest absolute Gasteiger partial charge is 0.472 e. The fraction of sp³-hybridized carbons (Fsp3) is 0.351. The van der Waals surface area contributed by atoms with Gasteiger partial charge in [0.2, 0.25) is 11.8 Å².